The number of fused-ring (bicyclic) bond motifs is 1. The van der Waals surface area contributed by atoms with Gasteiger partial charge in [0, 0.05) is 17.0 Å². The molecule has 2 heterocycles. The van der Waals surface area contributed by atoms with Crippen LogP contribution in [0.5, 0.6) is 11.5 Å². The van der Waals surface area contributed by atoms with Crippen LogP contribution in [-0.4, -0.2) is 16.9 Å². The molecule has 1 aromatic carbocycles. The topological polar surface area (TPSA) is 54.5 Å². The summed E-state index contributed by atoms with van der Waals surface area (Å²) in [4.78, 5) is 3.25. The molecule has 2 aromatic rings. The zero-order valence-electron chi connectivity index (χ0n) is 9.49. The van der Waals surface area contributed by atoms with Crippen LogP contribution in [0.4, 0.5) is 0 Å². The quantitative estimate of drug-likeness (QED) is 0.833. The molecule has 2 N–H and O–H groups in total. The van der Waals surface area contributed by atoms with Gasteiger partial charge in [-0.2, -0.15) is 0 Å². The van der Waals surface area contributed by atoms with Crippen molar-refractivity contribution in [3.05, 3.63) is 35.5 Å². The van der Waals surface area contributed by atoms with Crippen molar-refractivity contribution in [1.29, 1.82) is 0 Å². The summed E-state index contributed by atoms with van der Waals surface area (Å²) in [7, 11) is 0. The van der Waals surface area contributed by atoms with Gasteiger partial charge in [0.25, 0.3) is 0 Å². The van der Waals surface area contributed by atoms with Crippen LogP contribution in [0.1, 0.15) is 11.3 Å². The summed E-state index contributed by atoms with van der Waals surface area (Å²) in [6, 6.07) is 7.76. The van der Waals surface area contributed by atoms with Gasteiger partial charge in [-0.05, 0) is 36.8 Å². The molecular formula is C13H13NO3. The number of benzene rings is 1. The maximum atomic E-state index is 9.17. The Balaban J connectivity index is 2.03. The number of aromatic amines is 1. The number of hydrogen-bond donors (Lipinski definition) is 2. The van der Waals surface area contributed by atoms with Gasteiger partial charge in [0.1, 0.15) is 0 Å². The summed E-state index contributed by atoms with van der Waals surface area (Å²) in [6.07, 6.45) is 0. The van der Waals surface area contributed by atoms with E-state index in [-0.39, 0.29) is 13.4 Å². The van der Waals surface area contributed by atoms with E-state index in [1.54, 1.807) is 0 Å². The summed E-state index contributed by atoms with van der Waals surface area (Å²) < 4.78 is 10.6. The van der Waals surface area contributed by atoms with Crippen molar-refractivity contribution >= 4 is 0 Å². The molecule has 0 saturated carbocycles. The molecule has 0 unspecified atom stereocenters. The predicted molar refractivity (Wildman–Crippen MR) is 63.0 cm³/mol. The molecule has 4 heteroatoms. The lowest BCUT2D eigenvalue weighted by molar-refractivity contribution is 0.174. The molecule has 0 amide bonds. The first-order valence-electron chi connectivity index (χ1n) is 5.47. The van der Waals surface area contributed by atoms with Gasteiger partial charge in [-0.25, -0.2) is 0 Å². The lowest BCUT2D eigenvalue weighted by Crippen LogP contribution is -1.92. The average molecular weight is 231 g/mol. The molecule has 0 fully saturated rings. The number of aryl methyl sites for hydroxylation is 1. The van der Waals surface area contributed by atoms with Crippen molar-refractivity contribution < 1.29 is 14.6 Å². The summed E-state index contributed by atoms with van der Waals surface area (Å²) in [5.74, 6) is 1.54. The highest BCUT2D eigenvalue weighted by Gasteiger charge is 2.14. The van der Waals surface area contributed by atoms with Crippen molar-refractivity contribution in [2.75, 3.05) is 6.79 Å². The Morgan fingerprint density at radius 2 is 2.06 bits per heavy atom. The van der Waals surface area contributed by atoms with Gasteiger partial charge in [0.05, 0.1) is 6.61 Å². The largest absolute Gasteiger partial charge is 0.454 e. The molecular weight excluding hydrogens is 218 g/mol. The molecule has 1 aliphatic rings. The third-order valence-electron chi connectivity index (χ3n) is 2.98. The van der Waals surface area contributed by atoms with E-state index in [4.69, 9.17) is 14.6 Å². The van der Waals surface area contributed by atoms with Crippen LogP contribution >= 0.6 is 0 Å². The van der Waals surface area contributed by atoms with E-state index < -0.39 is 0 Å². The summed E-state index contributed by atoms with van der Waals surface area (Å²) in [6.45, 7) is 2.28. The van der Waals surface area contributed by atoms with Crippen LogP contribution in [0.3, 0.4) is 0 Å². The normalized spacial score (nSPS) is 13.1. The number of aliphatic hydroxyl groups excluding tert-OH is 1. The molecule has 0 radical (unpaired) electrons. The second-order valence-corrected chi connectivity index (χ2v) is 4.06. The molecule has 0 spiro atoms. The SMILES string of the molecule is Cc1[nH]c(-c2ccc3c(c2)OCO3)cc1CO. The van der Waals surface area contributed by atoms with E-state index in [1.807, 2.05) is 31.2 Å². The first kappa shape index (κ1) is 10.2. The molecule has 3 rings (SSSR count). The zero-order chi connectivity index (χ0) is 11.8. The number of H-pyrrole nitrogens is 1. The number of aromatic nitrogens is 1. The van der Waals surface area contributed by atoms with Crippen molar-refractivity contribution in [3.63, 3.8) is 0 Å². The van der Waals surface area contributed by atoms with E-state index in [2.05, 4.69) is 4.98 Å². The van der Waals surface area contributed by atoms with Crippen LogP contribution in [0.15, 0.2) is 24.3 Å². The second-order valence-electron chi connectivity index (χ2n) is 4.06. The van der Waals surface area contributed by atoms with Gasteiger partial charge in [-0.1, -0.05) is 0 Å². The monoisotopic (exact) mass is 231 g/mol. The van der Waals surface area contributed by atoms with Crippen LogP contribution in [-0.2, 0) is 6.61 Å². The predicted octanol–water partition coefficient (Wildman–Crippen LogP) is 2.21. The van der Waals surface area contributed by atoms with Gasteiger partial charge in [0.15, 0.2) is 11.5 Å². The van der Waals surface area contributed by atoms with Crippen LogP contribution in [0.2, 0.25) is 0 Å². The summed E-state index contributed by atoms with van der Waals surface area (Å²) >= 11 is 0. The minimum Gasteiger partial charge on any atom is -0.454 e. The van der Waals surface area contributed by atoms with Crippen LogP contribution in [0.25, 0.3) is 11.3 Å². The van der Waals surface area contributed by atoms with Crippen molar-refractivity contribution in [2.45, 2.75) is 13.5 Å². The molecule has 0 bridgehead atoms. The number of ether oxygens (including phenoxy) is 2. The molecule has 1 aliphatic heterocycles. The smallest absolute Gasteiger partial charge is 0.231 e. The standard InChI is InChI=1S/C13H13NO3/c1-8-10(6-15)4-11(14-8)9-2-3-12-13(5-9)17-7-16-12/h2-5,14-15H,6-7H2,1H3. The Bertz CT molecular complexity index is 560. The molecule has 0 aliphatic carbocycles. The first-order chi connectivity index (χ1) is 8.28. The number of rotatable bonds is 2. The van der Waals surface area contributed by atoms with Crippen LogP contribution < -0.4 is 9.47 Å². The van der Waals surface area contributed by atoms with E-state index in [0.29, 0.717) is 0 Å². The van der Waals surface area contributed by atoms with E-state index in [9.17, 15) is 0 Å². The van der Waals surface area contributed by atoms with E-state index in [1.165, 1.54) is 0 Å². The highest BCUT2D eigenvalue weighted by molar-refractivity contribution is 5.66. The van der Waals surface area contributed by atoms with Crippen molar-refractivity contribution in [3.8, 4) is 22.8 Å². The average Bonchev–Trinajstić information content (AvgIpc) is 2.93. The minimum atomic E-state index is 0.0485. The molecule has 0 saturated heterocycles. The lowest BCUT2D eigenvalue weighted by atomic mass is 10.1. The summed E-state index contributed by atoms with van der Waals surface area (Å²) in [5, 5.41) is 9.17. The number of nitrogens with one attached hydrogen (secondary N) is 1. The maximum absolute atomic E-state index is 9.17. The third kappa shape index (κ3) is 1.66. The van der Waals surface area contributed by atoms with Gasteiger partial charge >= 0.3 is 0 Å². The summed E-state index contributed by atoms with van der Waals surface area (Å²) in [5.41, 5.74) is 3.90. The Morgan fingerprint density at radius 1 is 1.24 bits per heavy atom. The minimum absolute atomic E-state index is 0.0485. The third-order valence-corrected chi connectivity index (χ3v) is 2.98. The Kier molecular flexibility index (Phi) is 2.30. The van der Waals surface area contributed by atoms with E-state index in [0.717, 1.165) is 34.0 Å². The highest BCUT2D eigenvalue weighted by atomic mass is 16.7. The van der Waals surface area contributed by atoms with Gasteiger partial charge in [0.2, 0.25) is 6.79 Å². The van der Waals surface area contributed by atoms with E-state index >= 15 is 0 Å². The highest BCUT2D eigenvalue weighted by Crippen LogP contribution is 2.35. The first-order valence-corrected chi connectivity index (χ1v) is 5.47. The molecule has 4 nitrogen and oxygen atoms in total. The molecule has 17 heavy (non-hydrogen) atoms. The van der Waals surface area contributed by atoms with Gasteiger partial charge in [-0.15, -0.1) is 0 Å². The Hall–Kier alpha value is -1.94. The van der Waals surface area contributed by atoms with Gasteiger partial charge in [-0.3, -0.25) is 0 Å². The Morgan fingerprint density at radius 3 is 2.82 bits per heavy atom. The molecule has 1 aromatic heterocycles. The maximum Gasteiger partial charge on any atom is 0.231 e. The fraction of sp³-hybridized carbons (Fsp3) is 0.231. The molecule has 0 atom stereocenters. The van der Waals surface area contributed by atoms with Crippen LogP contribution in [0, 0.1) is 6.92 Å². The van der Waals surface area contributed by atoms with Crippen molar-refractivity contribution in [2.24, 2.45) is 0 Å². The second kappa shape index (κ2) is 3.82. The fourth-order valence-electron chi connectivity index (χ4n) is 1.98. The van der Waals surface area contributed by atoms with Crippen molar-refractivity contribution in [1.82, 2.24) is 4.98 Å². The molecule has 88 valence electrons. The fourth-order valence-corrected chi connectivity index (χ4v) is 1.98. The lowest BCUT2D eigenvalue weighted by Gasteiger charge is -2.00. The number of aliphatic hydroxyl groups is 1. The zero-order valence-corrected chi connectivity index (χ0v) is 9.49. The Labute approximate surface area is 98.8 Å². The number of hydrogen-bond acceptors (Lipinski definition) is 3. The van der Waals surface area contributed by atoms with Gasteiger partial charge < -0.3 is 19.6 Å².